The number of hydrogen-bond donors (Lipinski definition) is 9. The highest BCUT2D eigenvalue weighted by Gasteiger charge is 2.50. The van der Waals surface area contributed by atoms with E-state index in [1.807, 2.05) is 0 Å². The lowest BCUT2D eigenvalue weighted by atomic mass is 9.90. The Labute approximate surface area is 249 Å². The van der Waals surface area contributed by atoms with Crippen molar-refractivity contribution >= 4 is 71.1 Å². The molecule has 2 fully saturated rings. The molecule has 4 rings (SSSR count). The van der Waals surface area contributed by atoms with Crippen molar-refractivity contribution in [3.8, 4) is 0 Å². The molecule has 0 unspecified atom stereocenters. The molecule has 8 atom stereocenters. The first-order valence-electron chi connectivity index (χ1n) is 12.4. The van der Waals surface area contributed by atoms with Gasteiger partial charge in [-0.3, -0.25) is 9.59 Å². The first-order chi connectivity index (χ1) is 18.9. The van der Waals surface area contributed by atoms with Crippen LogP contribution in [-0.2, 0) is 9.59 Å². The number of carbonyl (C=O) groups excluding carboxylic acids is 2. The van der Waals surface area contributed by atoms with Gasteiger partial charge in [0.05, 0.1) is 27.7 Å². The van der Waals surface area contributed by atoms with Crippen LogP contribution in [0.1, 0.15) is 12.8 Å². The highest BCUT2D eigenvalue weighted by atomic mass is 32.2. The molecule has 2 amide bonds. The zero-order valence-electron chi connectivity index (χ0n) is 21.2. The summed E-state index contributed by atoms with van der Waals surface area (Å²) in [6.45, 7) is 0. The molecule has 8 N–H and O–H groups in total. The van der Waals surface area contributed by atoms with E-state index in [9.17, 15) is 40.2 Å². The second kappa shape index (κ2) is 13.2. The van der Waals surface area contributed by atoms with Crippen molar-refractivity contribution in [2.24, 2.45) is 0 Å². The zero-order chi connectivity index (χ0) is 29.1. The predicted octanol–water partition coefficient (Wildman–Crippen LogP) is 1.12. The van der Waals surface area contributed by atoms with Gasteiger partial charge in [-0.2, -0.15) is 12.6 Å². The highest BCUT2D eigenvalue weighted by Crippen LogP contribution is 2.45. The lowest BCUT2D eigenvalue weighted by Crippen LogP contribution is -2.58. The molecule has 0 aromatic heterocycles. The van der Waals surface area contributed by atoms with E-state index in [-0.39, 0.29) is 11.5 Å². The minimum Gasteiger partial charge on any atom is -0.388 e. The Morgan fingerprint density at radius 2 is 1.38 bits per heavy atom. The molecule has 10 nitrogen and oxygen atoms in total. The van der Waals surface area contributed by atoms with E-state index in [0.717, 1.165) is 11.8 Å². The Morgan fingerprint density at radius 1 is 0.825 bits per heavy atom. The van der Waals surface area contributed by atoms with Gasteiger partial charge in [-0.05, 0) is 24.3 Å². The number of rotatable bonds is 8. The summed E-state index contributed by atoms with van der Waals surface area (Å²) in [7, 11) is 0. The fraction of sp³-hybridized carbons (Fsp3) is 0.462. The summed E-state index contributed by atoms with van der Waals surface area (Å²) in [5.74, 6) is -1.09. The number of thiol groups is 1. The van der Waals surface area contributed by atoms with Crippen LogP contribution in [0.5, 0.6) is 0 Å². The van der Waals surface area contributed by atoms with Crippen LogP contribution < -0.4 is 10.6 Å². The largest absolute Gasteiger partial charge is 0.388 e. The van der Waals surface area contributed by atoms with Gasteiger partial charge in [0.1, 0.15) is 35.6 Å². The third kappa shape index (κ3) is 7.30. The van der Waals surface area contributed by atoms with Crippen molar-refractivity contribution in [3.63, 3.8) is 0 Å². The summed E-state index contributed by atoms with van der Waals surface area (Å²) >= 11 is 7.65. The van der Waals surface area contributed by atoms with Gasteiger partial charge < -0.3 is 41.3 Å². The molecular weight excluding hydrogens is 597 g/mol. The van der Waals surface area contributed by atoms with Crippen molar-refractivity contribution in [3.05, 3.63) is 54.6 Å². The number of carbonyl (C=O) groups is 2. The molecule has 40 heavy (non-hydrogen) atoms. The van der Waals surface area contributed by atoms with E-state index in [1.165, 1.54) is 23.5 Å². The summed E-state index contributed by atoms with van der Waals surface area (Å²) < 4.78 is -1.21. The molecule has 0 radical (unpaired) electrons. The van der Waals surface area contributed by atoms with E-state index in [0.29, 0.717) is 16.3 Å². The van der Waals surface area contributed by atoms with Crippen LogP contribution in [0.3, 0.4) is 0 Å². The van der Waals surface area contributed by atoms with Crippen molar-refractivity contribution < 1.29 is 40.2 Å². The Bertz CT molecular complexity index is 1200. The van der Waals surface area contributed by atoms with Gasteiger partial charge in [0.25, 0.3) is 0 Å². The molecule has 0 bridgehead atoms. The molecule has 2 aliphatic rings. The summed E-state index contributed by atoms with van der Waals surface area (Å²) in [5, 5.41) is 69.3. The van der Waals surface area contributed by atoms with Crippen molar-refractivity contribution in [2.45, 2.75) is 62.5 Å². The third-order valence-corrected chi connectivity index (χ3v) is 11.8. The van der Waals surface area contributed by atoms with Gasteiger partial charge in [0, 0.05) is 22.1 Å². The number of thioether (sulfide) groups is 3. The van der Waals surface area contributed by atoms with Gasteiger partial charge in [0.2, 0.25) is 11.8 Å². The number of benzene rings is 2. The molecule has 14 heteroatoms. The standard InChI is InChI=1S/C26H32N2O8S4/c29-17(27-14-6-2-1-3-7-14)10-26(36)13-39-24(20(32)22(26)34)40-16-9-5-4-8-15(16)28-18(30)11-25(35)12-38-23(37)19(31)21(25)33/h1-9,19-24,31-37H,10-13H2,(H,27,29)(H,28,30)/t19-,20-,21-,22-,23+,24+,25-,26-/m1/s1. The number of hydrogen-bond acceptors (Lipinski definition) is 12. The van der Waals surface area contributed by atoms with Crippen LogP contribution in [0.4, 0.5) is 11.4 Å². The van der Waals surface area contributed by atoms with Crippen LogP contribution in [0.25, 0.3) is 0 Å². The molecule has 0 aliphatic carbocycles. The van der Waals surface area contributed by atoms with E-state index in [1.54, 1.807) is 54.6 Å². The van der Waals surface area contributed by atoms with Crippen LogP contribution in [0, 0.1) is 0 Å². The summed E-state index contributed by atoms with van der Waals surface area (Å²) in [5.41, 5.74) is -2.75. The van der Waals surface area contributed by atoms with Gasteiger partial charge in [0.15, 0.2) is 0 Å². The second-order valence-corrected chi connectivity index (χ2v) is 14.5. The Hall–Kier alpha value is -1.46. The quantitative estimate of drug-likeness (QED) is 0.191. The lowest BCUT2D eigenvalue weighted by Gasteiger charge is -2.42. The van der Waals surface area contributed by atoms with Crippen LogP contribution in [0.15, 0.2) is 59.5 Å². The molecular formula is C26H32N2O8S4. The smallest absolute Gasteiger partial charge is 0.227 e. The van der Waals surface area contributed by atoms with Crippen molar-refractivity contribution in [2.75, 3.05) is 22.1 Å². The van der Waals surface area contributed by atoms with Crippen molar-refractivity contribution in [1.29, 1.82) is 0 Å². The minimum absolute atomic E-state index is 0.0122. The van der Waals surface area contributed by atoms with Gasteiger partial charge in [-0.25, -0.2) is 0 Å². The van der Waals surface area contributed by atoms with Gasteiger partial charge >= 0.3 is 0 Å². The number of aliphatic hydroxyl groups excluding tert-OH is 4. The summed E-state index contributed by atoms with van der Waals surface area (Å²) in [6, 6.07) is 15.5. The Kier molecular flexibility index (Phi) is 10.4. The molecule has 218 valence electrons. The maximum absolute atomic E-state index is 12.8. The summed E-state index contributed by atoms with van der Waals surface area (Å²) in [6.07, 6.45) is -6.72. The minimum atomic E-state index is -1.85. The molecule has 2 aromatic carbocycles. The lowest BCUT2D eigenvalue weighted by molar-refractivity contribution is -0.137. The SMILES string of the molecule is O=C(C[C@@]1(O)CS[C@@H](Sc2ccccc2NC(=O)C[C@@]2(O)CS[C@H](S)[C@H](O)[C@H]2O)[C@H](O)[C@H]1O)Nc1ccccc1. The first-order valence-corrected chi connectivity index (χ1v) is 15.9. The summed E-state index contributed by atoms with van der Waals surface area (Å²) in [4.78, 5) is 25.9. The van der Waals surface area contributed by atoms with E-state index in [4.69, 9.17) is 0 Å². The molecule has 2 saturated heterocycles. The first kappa shape index (κ1) is 31.5. The van der Waals surface area contributed by atoms with E-state index < -0.39 is 69.4 Å². The molecule has 0 spiro atoms. The number of amides is 2. The third-order valence-electron chi connectivity index (χ3n) is 6.72. The second-order valence-electron chi connectivity index (χ2n) is 9.89. The maximum Gasteiger partial charge on any atom is 0.227 e. The normalized spacial score (nSPS) is 34.2. The molecule has 2 aromatic rings. The number of aliphatic hydroxyl groups is 6. The van der Waals surface area contributed by atoms with Crippen molar-refractivity contribution in [1.82, 2.24) is 0 Å². The highest BCUT2D eigenvalue weighted by molar-refractivity contribution is 8.17. The van der Waals surface area contributed by atoms with Crippen LogP contribution in [0.2, 0.25) is 0 Å². The average molecular weight is 629 g/mol. The molecule has 0 saturated carbocycles. The Balaban J connectivity index is 1.37. The zero-order valence-corrected chi connectivity index (χ0v) is 24.5. The fourth-order valence-electron chi connectivity index (χ4n) is 4.45. The van der Waals surface area contributed by atoms with Crippen LogP contribution >= 0.6 is 47.9 Å². The molecule has 2 aliphatic heterocycles. The molecule has 2 heterocycles. The fourth-order valence-corrected chi connectivity index (χ4v) is 8.72. The Morgan fingerprint density at radius 3 is 2.05 bits per heavy atom. The maximum atomic E-state index is 12.8. The van der Waals surface area contributed by atoms with E-state index in [2.05, 4.69) is 23.3 Å². The van der Waals surface area contributed by atoms with E-state index >= 15 is 0 Å². The topological polar surface area (TPSA) is 180 Å². The number of para-hydroxylation sites is 2. The number of nitrogens with one attached hydrogen (secondary N) is 2. The van der Waals surface area contributed by atoms with Gasteiger partial charge in [-0.1, -0.05) is 30.3 Å². The number of anilines is 2. The predicted molar refractivity (Wildman–Crippen MR) is 161 cm³/mol. The van der Waals surface area contributed by atoms with Gasteiger partial charge in [-0.15, -0.1) is 35.3 Å². The van der Waals surface area contributed by atoms with Crippen LogP contribution in [-0.4, -0.2) is 98.7 Å². The monoisotopic (exact) mass is 628 g/mol. The average Bonchev–Trinajstić information content (AvgIpc) is 2.92.